The van der Waals surface area contributed by atoms with Gasteiger partial charge in [-0.25, -0.2) is 4.98 Å². The first kappa shape index (κ1) is 16.4. The first-order chi connectivity index (χ1) is 11.1. The molecule has 0 saturated carbocycles. The Morgan fingerprint density at radius 1 is 1.52 bits per heavy atom. The molecule has 1 saturated heterocycles. The molecule has 0 unspecified atom stereocenters. The lowest BCUT2D eigenvalue weighted by atomic mass is 9.97. The monoisotopic (exact) mass is 353 g/mol. The molecule has 3 rings (SSSR count). The van der Waals surface area contributed by atoms with Crippen LogP contribution in [0.15, 0.2) is 9.72 Å². The third-order valence-electron chi connectivity index (χ3n) is 4.09. The van der Waals surface area contributed by atoms with Gasteiger partial charge in [0, 0.05) is 31.4 Å². The molecular weight excluding hydrogens is 334 g/mol. The molecule has 1 amide bonds. The average Bonchev–Trinajstić information content (AvgIpc) is 3.20. The van der Waals surface area contributed by atoms with Crippen LogP contribution >= 0.6 is 23.1 Å². The summed E-state index contributed by atoms with van der Waals surface area (Å²) in [6.07, 6.45) is 3.85. The van der Waals surface area contributed by atoms with Crippen molar-refractivity contribution in [1.29, 1.82) is 0 Å². The van der Waals surface area contributed by atoms with Crippen molar-refractivity contribution in [3.05, 3.63) is 22.7 Å². The third-order valence-corrected chi connectivity index (χ3v) is 5.95. The quantitative estimate of drug-likeness (QED) is 0.839. The molecule has 1 aliphatic heterocycles. The van der Waals surface area contributed by atoms with Crippen LogP contribution in [0, 0.1) is 0 Å². The Morgan fingerprint density at radius 2 is 2.35 bits per heavy atom. The van der Waals surface area contributed by atoms with Gasteiger partial charge in [-0.1, -0.05) is 11.8 Å². The molecule has 1 fully saturated rings. The number of hydrogen-bond donors (Lipinski definition) is 1. The first-order valence-corrected chi connectivity index (χ1v) is 9.52. The Morgan fingerprint density at radius 3 is 3.00 bits per heavy atom. The summed E-state index contributed by atoms with van der Waals surface area (Å²) >= 11 is 3.05. The van der Waals surface area contributed by atoms with Crippen LogP contribution in [-0.2, 0) is 13.7 Å². The average molecular weight is 353 g/mol. The fraction of sp³-hybridized carbons (Fsp3) is 0.571. The van der Waals surface area contributed by atoms with Crippen molar-refractivity contribution in [3.8, 4) is 0 Å². The number of amides is 1. The molecule has 0 aliphatic carbocycles. The van der Waals surface area contributed by atoms with Gasteiger partial charge in [0.15, 0.2) is 5.82 Å². The van der Waals surface area contributed by atoms with Gasteiger partial charge in [0.2, 0.25) is 0 Å². The SMILES string of the molecule is CSc1nc(C(=O)N2CCC[C@H](c3nnc(CO)n3C)C2)cs1. The topological polar surface area (TPSA) is 84.1 Å². The molecular formula is C14H19N5O2S2. The number of nitrogens with zero attached hydrogens (tertiary/aromatic N) is 5. The van der Waals surface area contributed by atoms with Gasteiger partial charge in [0.25, 0.3) is 5.91 Å². The van der Waals surface area contributed by atoms with Crippen molar-refractivity contribution in [3.63, 3.8) is 0 Å². The highest BCUT2D eigenvalue weighted by Crippen LogP contribution is 2.27. The van der Waals surface area contributed by atoms with Gasteiger partial charge < -0.3 is 14.6 Å². The van der Waals surface area contributed by atoms with Crippen molar-refractivity contribution in [1.82, 2.24) is 24.6 Å². The van der Waals surface area contributed by atoms with Crippen molar-refractivity contribution in [2.24, 2.45) is 7.05 Å². The minimum atomic E-state index is -0.130. The summed E-state index contributed by atoms with van der Waals surface area (Å²) in [5, 5.41) is 19.3. The van der Waals surface area contributed by atoms with E-state index in [1.54, 1.807) is 11.8 Å². The normalized spacial score (nSPS) is 18.4. The second-order valence-electron chi connectivity index (χ2n) is 5.48. The van der Waals surface area contributed by atoms with Crippen molar-refractivity contribution < 1.29 is 9.90 Å². The van der Waals surface area contributed by atoms with E-state index in [1.807, 2.05) is 28.2 Å². The molecule has 7 nitrogen and oxygen atoms in total. The van der Waals surface area contributed by atoms with Crippen molar-refractivity contribution >= 4 is 29.0 Å². The van der Waals surface area contributed by atoms with Crippen LogP contribution in [0.4, 0.5) is 0 Å². The summed E-state index contributed by atoms with van der Waals surface area (Å²) in [6.45, 7) is 1.23. The molecule has 0 radical (unpaired) electrons. The number of thioether (sulfide) groups is 1. The highest BCUT2D eigenvalue weighted by molar-refractivity contribution is 8.00. The first-order valence-electron chi connectivity index (χ1n) is 7.41. The lowest BCUT2D eigenvalue weighted by Gasteiger charge is -2.31. The Balaban J connectivity index is 1.75. The molecule has 2 aromatic heterocycles. The van der Waals surface area contributed by atoms with E-state index in [0.29, 0.717) is 18.1 Å². The van der Waals surface area contributed by atoms with Crippen LogP contribution in [0.2, 0.25) is 0 Å². The Hall–Kier alpha value is -1.45. The smallest absolute Gasteiger partial charge is 0.273 e. The van der Waals surface area contributed by atoms with E-state index in [4.69, 9.17) is 0 Å². The minimum absolute atomic E-state index is 0.0178. The van der Waals surface area contributed by atoms with E-state index in [1.165, 1.54) is 11.3 Å². The van der Waals surface area contributed by atoms with E-state index in [2.05, 4.69) is 15.2 Å². The standard InChI is InChI=1S/C14H19N5O2S2/c1-18-11(7-20)16-17-12(18)9-4-3-5-19(6-9)13(21)10-8-23-14(15-10)22-2/h8-9,20H,3-7H2,1-2H3/t9-/m0/s1. The number of aliphatic hydroxyl groups excluding tert-OH is 1. The van der Waals surface area contributed by atoms with Gasteiger partial charge >= 0.3 is 0 Å². The van der Waals surface area contributed by atoms with E-state index in [0.717, 1.165) is 29.6 Å². The van der Waals surface area contributed by atoms with Gasteiger partial charge in [0.05, 0.1) is 0 Å². The van der Waals surface area contributed by atoms with Gasteiger partial charge in [0.1, 0.15) is 22.5 Å². The number of aliphatic hydroxyl groups is 1. The number of hydrogen-bond acceptors (Lipinski definition) is 7. The second kappa shape index (κ2) is 6.98. The molecule has 23 heavy (non-hydrogen) atoms. The van der Waals surface area contributed by atoms with Crippen LogP contribution in [-0.4, -0.2) is 55.0 Å². The highest BCUT2D eigenvalue weighted by atomic mass is 32.2. The maximum atomic E-state index is 12.6. The molecule has 0 aromatic carbocycles. The number of aromatic nitrogens is 4. The highest BCUT2D eigenvalue weighted by Gasteiger charge is 2.29. The number of piperidine rings is 1. The number of thiazole rings is 1. The predicted molar refractivity (Wildman–Crippen MR) is 88.7 cm³/mol. The maximum Gasteiger partial charge on any atom is 0.273 e. The van der Waals surface area contributed by atoms with E-state index >= 15 is 0 Å². The van der Waals surface area contributed by atoms with E-state index < -0.39 is 0 Å². The largest absolute Gasteiger partial charge is 0.388 e. The van der Waals surface area contributed by atoms with Crippen molar-refractivity contribution in [2.75, 3.05) is 19.3 Å². The number of likely N-dealkylation sites (tertiary alicyclic amines) is 1. The molecule has 0 spiro atoms. The molecule has 3 heterocycles. The summed E-state index contributed by atoms with van der Waals surface area (Å²) in [5.41, 5.74) is 0.522. The minimum Gasteiger partial charge on any atom is -0.388 e. The molecule has 1 N–H and O–H groups in total. The maximum absolute atomic E-state index is 12.6. The lowest BCUT2D eigenvalue weighted by molar-refractivity contribution is 0.0697. The van der Waals surface area contributed by atoms with Crippen molar-refractivity contribution in [2.45, 2.75) is 29.7 Å². The number of rotatable bonds is 4. The lowest BCUT2D eigenvalue weighted by Crippen LogP contribution is -2.39. The van der Waals surface area contributed by atoms with Gasteiger partial charge in [-0.15, -0.1) is 21.5 Å². The Kier molecular flexibility index (Phi) is 4.98. The van der Waals surface area contributed by atoms with Gasteiger partial charge in [-0.05, 0) is 19.1 Å². The zero-order chi connectivity index (χ0) is 16.4. The zero-order valence-corrected chi connectivity index (χ0v) is 14.7. The van der Waals surface area contributed by atoms with Crippen LogP contribution in [0.3, 0.4) is 0 Å². The summed E-state index contributed by atoms with van der Waals surface area (Å²) in [4.78, 5) is 18.8. The fourth-order valence-corrected chi connectivity index (χ4v) is 4.09. The van der Waals surface area contributed by atoms with E-state index in [-0.39, 0.29) is 18.4 Å². The van der Waals surface area contributed by atoms with Crippen LogP contribution < -0.4 is 0 Å². The van der Waals surface area contributed by atoms with Crippen LogP contribution in [0.1, 0.15) is 40.9 Å². The summed E-state index contributed by atoms with van der Waals surface area (Å²) in [6, 6.07) is 0. The van der Waals surface area contributed by atoms with Crippen LogP contribution in [0.5, 0.6) is 0 Å². The molecule has 2 aromatic rings. The Bertz CT molecular complexity index is 699. The summed E-state index contributed by atoms with van der Waals surface area (Å²) < 4.78 is 2.73. The van der Waals surface area contributed by atoms with Gasteiger partial charge in [-0.2, -0.15) is 0 Å². The number of carbonyl (C=O) groups excluding carboxylic acids is 1. The molecule has 1 atom stereocenters. The number of carbonyl (C=O) groups is 1. The van der Waals surface area contributed by atoms with E-state index in [9.17, 15) is 9.90 Å². The Labute approximate surface area is 142 Å². The molecule has 9 heteroatoms. The molecule has 1 aliphatic rings. The fourth-order valence-electron chi connectivity index (χ4n) is 2.85. The molecule has 124 valence electrons. The summed E-state index contributed by atoms with van der Waals surface area (Å²) in [5.74, 6) is 1.50. The van der Waals surface area contributed by atoms with Gasteiger partial charge in [-0.3, -0.25) is 4.79 Å². The third kappa shape index (κ3) is 3.26. The predicted octanol–water partition coefficient (Wildman–Crippen LogP) is 1.51. The second-order valence-corrected chi connectivity index (χ2v) is 7.40. The van der Waals surface area contributed by atoms with Crippen LogP contribution in [0.25, 0.3) is 0 Å². The molecule has 0 bridgehead atoms. The summed E-state index contributed by atoms with van der Waals surface area (Å²) in [7, 11) is 1.85. The zero-order valence-electron chi connectivity index (χ0n) is 13.1.